The van der Waals surface area contributed by atoms with Crippen molar-refractivity contribution in [3.63, 3.8) is 0 Å². The first kappa shape index (κ1) is 36.4. The lowest BCUT2D eigenvalue weighted by molar-refractivity contribution is -0.118. The number of carboxylic acid groups (broad SMARTS) is 1. The van der Waals surface area contributed by atoms with E-state index in [4.69, 9.17) is 11.6 Å². The van der Waals surface area contributed by atoms with Gasteiger partial charge in [-0.15, -0.1) is 0 Å². The highest BCUT2D eigenvalue weighted by Crippen LogP contribution is 2.47. The second kappa shape index (κ2) is 12.7. The maximum Gasteiger partial charge on any atom is 0.407 e. The van der Waals surface area contributed by atoms with E-state index in [1.807, 2.05) is 27.0 Å². The Morgan fingerprint density at radius 3 is 2.23 bits per heavy atom. The van der Waals surface area contributed by atoms with Crippen LogP contribution in [0.2, 0.25) is 21.6 Å². The van der Waals surface area contributed by atoms with Crippen LogP contribution < -0.4 is 9.62 Å². The summed E-state index contributed by atoms with van der Waals surface area (Å²) in [5.74, 6) is -1.11. The van der Waals surface area contributed by atoms with E-state index in [0.717, 1.165) is 10.9 Å². The average molecular weight is 719 g/mol. The maximum absolute atomic E-state index is 16.1. The summed E-state index contributed by atoms with van der Waals surface area (Å²) >= 11 is 6.73. The first-order chi connectivity index (χ1) is 22.2. The Morgan fingerprint density at radius 1 is 1.04 bits per heavy atom. The topological polar surface area (TPSA) is 112 Å². The second-order valence-electron chi connectivity index (χ2n) is 15.3. The lowest BCUT2D eigenvalue weighted by atomic mass is 9.77. The molecule has 0 aliphatic carbocycles. The summed E-state index contributed by atoms with van der Waals surface area (Å²) in [5, 5.41) is 11.2. The largest absolute Gasteiger partial charge is 0.465 e. The number of aromatic nitrogens is 1. The van der Waals surface area contributed by atoms with Crippen LogP contribution in [0.3, 0.4) is 0 Å². The molecule has 0 bridgehead atoms. The molecule has 1 fully saturated rings. The minimum Gasteiger partial charge on any atom is -0.465 e. The number of hydrogen-bond donors (Lipinski definition) is 2. The number of anilines is 1. The Labute approximate surface area is 289 Å². The first-order valence-electron chi connectivity index (χ1n) is 16.7. The van der Waals surface area contributed by atoms with Crippen LogP contribution in [0.5, 0.6) is 0 Å². The molecule has 3 heterocycles. The number of nitrogens with one attached hydrogen (secondary N) is 1. The van der Waals surface area contributed by atoms with E-state index in [9.17, 15) is 23.1 Å². The molecule has 2 N–H and O–H groups in total. The van der Waals surface area contributed by atoms with E-state index >= 15 is 4.39 Å². The van der Waals surface area contributed by atoms with Crippen molar-refractivity contribution < 1.29 is 27.5 Å². The number of rotatable bonds is 8. The number of nitrogens with zero attached hydrogens (tertiary/aromatic N) is 3. The molecule has 0 radical (unpaired) electrons. The van der Waals surface area contributed by atoms with Crippen LogP contribution in [-0.2, 0) is 21.2 Å². The van der Waals surface area contributed by atoms with Crippen molar-refractivity contribution in [1.29, 1.82) is 0 Å². The third kappa shape index (κ3) is 5.86. The molecule has 1 aromatic heterocycles. The van der Waals surface area contributed by atoms with Crippen LogP contribution in [-0.4, -0.2) is 62.0 Å². The van der Waals surface area contributed by atoms with Crippen LogP contribution in [0.15, 0.2) is 41.4 Å². The van der Waals surface area contributed by atoms with Crippen LogP contribution in [0.25, 0.3) is 10.9 Å². The summed E-state index contributed by atoms with van der Waals surface area (Å²) in [6.07, 6.45) is 1.23. The molecule has 2 amide bonds. The monoisotopic (exact) mass is 718 g/mol. The van der Waals surface area contributed by atoms with Gasteiger partial charge < -0.3 is 19.1 Å². The Morgan fingerprint density at radius 2 is 1.67 bits per heavy atom. The molecule has 9 nitrogen and oxygen atoms in total. The van der Waals surface area contributed by atoms with E-state index in [1.54, 1.807) is 18.2 Å². The Kier molecular flexibility index (Phi) is 9.66. The first-order valence-corrected chi connectivity index (χ1v) is 20.7. The standard InChI is InChI=1S/C35H48ClFN4O5SSi/c1-20(2)48(21(3)4,22(5)6)41-19-27(36)26-11-10-23(18-30(26)41)47(45,46)38-28-15-17-39(33(28)42)29-13-12-25-24(31(29)37)14-16-40(34(43)44)32(25)35(7,8)9/h10-13,18-22,28,32,38H,14-17H2,1-9H3,(H,43,44)/t28-,32?/m0/s1. The quantitative estimate of drug-likeness (QED) is 0.228. The highest BCUT2D eigenvalue weighted by molar-refractivity contribution is 7.89. The summed E-state index contributed by atoms with van der Waals surface area (Å²) in [4.78, 5) is 28.3. The van der Waals surface area contributed by atoms with Gasteiger partial charge in [-0.05, 0) is 64.2 Å². The van der Waals surface area contributed by atoms with Gasteiger partial charge in [0.2, 0.25) is 15.9 Å². The normalized spacial score (nSPS) is 19.3. The predicted molar refractivity (Wildman–Crippen MR) is 192 cm³/mol. The second-order valence-corrected chi connectivity index (χ2v) is 23.1. The molecule has 262 valence electrons. The third-order valence-electron chi connectivity index (χ3n) is 10.6. The SMILES string of the molecule is CC(C)[Si](C(C)C)(C(C)C)n1cc(Cl)c2ccc(S(=O)(=O)N[C@H]3CCN(c4ccc5c(c4F)CCN(C(=O)O)C5C(C)(C)C)C3=O)cc21. The van der Waals surface area contributed by atoms with Gasteiger partial charge in [-0.1, -0.05) is 86.0 Å². The molecule has 3 aromatic rings. The third-order valence-corrected chi connectivity index (χ3v) is 19.1. The van der Waals surface area contributed by atoms with Crippen molar-refractivity contribution in [3.8, 4) is 0 Å². The molecule has 0 spiro atoms. The van der Waals surface area contributed by atoms with Crippen molar-refractivity contribution in [1.82, 2.24) is 13.9 Å². The minimum absolute atomic E-state index is 0.0348. The summed E-state index contributed by atoms with van der Waals surface area (Å²) < 4.78 is 48.7. The van der Waals surface area contributed by atoms with Crippen molar-refractivity contribution in [2.24, 2.45) is 5.41 Å². The van der Waals surface area contributed by atoms with Gasteiger partial charge in [0, 0.05) is 30.2 Å². The number of hydrogen-bond acceptors (Lipinski definition) is 4. The average Bonchev–Trinajstić information content (AvgIpc) is 3.50. The fraction of sp³-hybridized carbons (Fsp3) is 0.543. The highest BCUT2D eigenvalue weighted by atomic mass is 35.5. The molecule has 2 atom stereocenters. The van der Waals surface area contributed by atoms with Crippen LogP contribution in [0.1, 0.15) is 85.9 Å². The van der Waals surface area contributed by atoms with E-state index in [2.05, 4.69) is 50.5 Å². The van der Waals surface area contributed by atoms with E-state index in [-0.39, 0.29) is 36.5 Å². The smallest absolute Gasteiger partial charge is 0.407 e. The van der Waals surface area contributed by atoms with Gasteiger partial charge in [0.1, 0.15) is 6.04 Å². The predicted octanol–water partition coefficient (Wildman–Crippen LogP) is 8.16. The number of amides is 2. The highest BCUT2D eigenvalue weighted by Gasteiger charge is 2.46. The number of fused-ring (bicyclic) bond motifs is 2. The zero-order chi connectivity index (χ0) is 35.7. The number of benzene rings is 2. The molecule has 5 rings (SSSR count). The van der Waals surface area contributed by atoms with Crippen molar-refractivity contribution in [2.75, 3.05) is 18.0 Å². The lowest BCUT2D eigenvalue weighted by Crippen LogP contribution is -2.51. The number of carbonyl (C=O) groups is 2. The van der Waals surface area contributed by atoms with Crippen LogP contribution >= 0.6 is 11.6 Å². The Hall–Kier alpha value is -2.93. The zero-order valence-electron chi connectivity index (χ0n) is 29.3. The van der Waals surface area contributed by atoms with Crippen molar-refractivity contribution in [2.45, 2.75) is 109 Å². The number of sulfonamides is 1. The fourth-order valence-electron chi connectivity index (χ4n) is 8.78. The molecule has 1 saturated heterocycles. The molecule has 0 saturated carbocycles. The molecule has 2 aliphatic rings. The van der Waals surface area contributed by atoms with Crippen LogP contribution in [0.4, 0.5) is 14.9 Å². The number of halogens is 2. The fourth-order valence-corrected chi connectivity index (χ4v) is 17.0. The van der Waals surface area contributed by atoms with Gasteiger partial charge in [0.15, 0.2) is 14.1 Å². The molecule has 2 aliphatic heterocycles. The molecule has 1 unspecified atom stereocenters. The Balaban J connectivity index is 1.45. The minimum atomic E-state index is -4.14. The van der Waals surface area contributed by atoms with E-state index in [0.29, 0.717) is 32.8 Å². The lowest BCUT2D eigenvalue weighted by Gasteiger charge is -2.44. The Bertz CT molecular complexity index is 1850. The van der Waals surface area contributed by atoms with Gasteiger partial charge in [-0.2, -0.15) is 4.72 Å². The number of carbonyl (C=O) groups excluding carboxylic acids is 1. The summed E-state index contributed by atoms with van der Waals surface area (Å²) in [5.41, 5.74) is 2.37. The summed E-state index contributed by atoms with van der Waals surface area (Å²) in [6.45, 7) is 19.4. The molecule has 2 aromatic carbocycles. The van der Waals surface area contributed by atoms with Gasteiger partial charge in [0.05, 0.1) is 21.6 Å². The van der Waals surface area contributed by atoms with Gasteiger partial charge >= 0.3 is 6.09 Å². The van der Waals surface area contributed by atoms with Gasteiger partial charge in [0.25, 0.3) is 0 Å². The molecule has 13 heteroatoms. The van der Waals surface area contributed by atoms with Crippen LogP contribution in [0, 0.1) is 11.2 Å². The zero-order valence-corrected chi connectivity index (χ0v) is 31.8. The maximum atomic E-state index is 16.1. The summed E-state index contributed by atoms with van der Waals surface area (Å²) in [6, 6.07) is 6.48. The molecular weight excluding hydrogens is 671 g/mol. The van der Waals surface area contributed by atoms with Crippen molar-refractivity contribution in [3.05, 3.63) is 58.5 Å². The molecule has 48 heavy (non-hydrogen) atoms. The van der Waals surface area contributed by atoms with E-state index in [1.165, 1.54) is 21.9 Å². The summed E-state index contributed by atoms with van der Waals surface area (Å²) in [7, 11) is -6.42. The van der Waals surface area contributed by atoms with Crippen molar-refractivity contribution >= 4 is 58.5 Å². The van der Waals surface area contributed by atoms with E-state index < -0.39 is 53.6 Å². The van der Waals surface area contributed by atoms with Gasteiger partial charge in [-0.25, -0.2) is 17.6 Å². The van der Waals surface area contributed by atoms with Gasteiger partial charge in [-0.3, -0.25) is 4.79 Å². The molecular formula is C35H48ClFN4O5SSi.